The first-order valence-corrected chi connectivity index (χ1v) is 7.62. The summed E-state index contributed by atoms with van der Waals surface area (Å²) >= 11 is 7.35. The molecule has 0 bridgehead atoms. The van der Waals surface area contributed by atoms with Crippen molar-refractivity contribution in [1.82, 2.24) is 0 Å². The molecule has 1 heterocycles. The number of rotatable bonds is 2. The van der Waals surface area contributed by atoms with Crippen LogP contribution < -0.4 is 10.6 Å². The third-order valence-electron chi connectivity index (χ3n) is 2.96. The Bertz CT molecular complexity index is 733. The summed E-state index contributed by atoms with van der Waals surface area (Å²) in [4.78, 5) is 24.6. The first-order valence-electron chi connectivity index (χ1n) is 6.25. The van der Waals surface area contributed by atoms with E-state index >= 15 is 0 Å². The molecule has 0 saturated heterocycles. The van der Waals surface area contributed by atoms with E-state index < -0.39 is 0 Å². The zero-order valence-corrected chi connectivity index (χ0v) is 12.4. The van der Waals surface area contributed by atoms with Crippen LogP contribution in [0, 0.1) is 0 Å². The predicted octanol–water partition coefficient (Wildman–Crippen LogP) is 3.64. The van der Waals surface area contributed by atoms with E-state index in [1.165, 1.54) is 11.8 Å². The number of hydrogen-bond donors (Lipinski definition) is 2. The van der Waals surface area contributed by atoms with Gasteiger partial charge in [0.2, 0.25) is 5.91 Å². The Balaban J connectivity index is 1.82. The highest BCUT2D eigenvalue weighted by Crippen LogP contribution is 2.32. The molecule has 0 spiro atoms. The van der Waals surface area contributed by atoms with Crippen molar-refractivity contribution in [3.05, 3.63) is 53.1 Å². The second kappa shape index (κ2) is 5.79. The normalized spacial score (nSPS) is 13.3. The van der Waals surface area contributed by atoms with E-state index in [4.69, 9.17) is 11.6 Å². The fourth-order valence-corrected chi connectivity index (χ4v) is 2.97. The molecule has 2 aromatic carbocycles. The van der Waals surface area contributed by atoms with Crippen LogP contribution in [0.5, 0.6) is 0 Å². The summed E-state index contributed by atoms with van der Waals surface area (Å²) in [7, 11) is 0. The molecule has 0 aliphatic carbocycles. The number of carbonyl (C=O) groups is 2. The highest BCUT2D eigenvalue weighted by atomic mass is 35.5. The molecule has 1 aliphatic rings. The van der Waals surface area contributed by atoms with Gasteiger partial charge in [-0.3, -0.25) is 9.59 Å². The van der Waals surface area contributed by atoms with Crippen molar-refractivity contribution >= 4 is 46.6 Å². The molecule has 0 unspecified atom stereocenters. The van der Waals surface area contributed by atoms with Gasteiger partial charge in [-0.05, 0) is 36.4 Å². The average molecular weight is 319 g/mol. The summed E-state index contributed by atoms with van der Waals surface area (Å²) in [6.45, 7) is 0. The lowest BCUT2D eigenvalue weighted by molar-refractivity contribution is -0.113. The van der Waals surface area contributed by atoms with Gasteiger partial charge in [-0.15, -0.1) is 11.8 Å². The standard InChI is InChI=1S/C15H11ClN2O2S/c16-10-2-1-3-11(7-10)17-15(20)9-4-5-13-12(6-9)18-14(19)8-21-13/h1-7H,8H2,(H,17,20)(H,18,19). The zero-order chi connectivity index (χ0) is 14.8. The molecule has 106 valence electrons. The van der Waals surface area contributed by atoms with Crippen molar-refractivity contribution in [3.63, 3.8) is 0 Å². The number of anilines is 2. The first-order chi connectivity index (χ1) is 10.1. The number of fused-ring (bicyclic) bond motifs is 1. The summed E-state index contributed by atoms with van der Waals surface area (Å²) in [6.07, 6.45) is 0. The van der Waals surface area contributed by atoms with Crippen molar-refractivity contribution in [2.24, 2.45) is 0 Å². The molecule has 0 fully saturated rings. The summed E-state index contributed by atoms with van der Waals surface area (Å²) < 4.78 is 0. The molecule has 6 heteroatoms. The molecular formula is C15H11ClN2O2S. The van der Waals surface area contributed by atoms with Gasteiger partial charge >= 0.3 is 0 Å². The lowest BCUT2D eigenvalue weighted by atomic mass is 10.1. The molecule has 0 atom stereocenters. The number of halogens is 1. The summed E-state index contributed by atoms with van der Waals surface area (Å²) in [5.74, 6) is 0.103. The zero-order valence-electron chi connectivity index (χ0n) is 10.9. The second-order valence-corrected chi connectivity index (χ2v) is 5.97. The fraction of sp³-hybridized carbons (Fsp3) is 0.0667. The van der Waals surface area contributed by atoms with Gasteiger partial charge in [0.1, 0.15) is 0 Å². The highest BCUT2D eigenvalue weighted by Gasteiger charge is 2.17. The van der Waals surface area contributed by atoms with E-state index in [0.29, 0.717) is 27.7 Å². The van der Waals surface area contributed by atoms with Gasteiger partial charge in [-0.25, -0.2) is 0 Å². The van der Waals surface area contributed by atoms with Gasteiger partial charge < -0.3 is 10.6 Å². The van der Waals surface area contributed by atoms with Crippen molar-refractivity contribution in [3.8, 4) is 0 Å². The maximum Gasteiger partial charge on any atom is 0.255 e. The second-order valence-electron chi connectivity index (χ2n) is 4.51. The third-order valence-corrected chi connectivity index (χ3v) is 4.27. The van der Waals surface area contributed by atoms with Crippen LogP contribution in [-0.4, -0.2) is 17.6 Å². The van der Waals surface area contributed by atoms with Crippen LogP contribution in [-0.2, 0) is 4.79 Å². The quantitative estimate of drug-likeness (QED) is 0.889. The number of amides is 2. The Kier molecular flexibility index (Phi) is 3.86. The van der Waals surface area contributed by atoms with Crippen LogP contribution in [0.3, 0.4) is 0 Å². The molecule has 0 aromatic heterocycles. The summed E-state index contributed by atoms with van der Waals surface area (Å²) in [5.41, 5.74) is 1.79. The Morgan fingerprint density at radius 2 is 2.10 bits per heavy atom. The molecule has 2 aromatic rings. The van der Waals surface area contributed by atoms with Crippen LogP contribution in [0.4, 0.5) is 11.4 Å². The van der Waals surface area contributed by atoms with E-state index in [1.807, 2.05) is 6.07 Å². The molecule has 0 radical (unpaired) electrons. The Morgan fingerprint density at radius 1 is 1.24 bits per heavy atom. The SMILES string of the molecule is O=C1CSc2ccc(C(=O)Nc3cccc(Cl)c3)cc2N1. The van der Waals surface area contributed by atoms with Crippen molar-refractivity contribution in [1.29, 1.82) is 0 Å². The Hall–Kier alpha value is -1.98. The van der Waals surface area contributed by atoms with Gasteiger partial charge in [-0.2, -0.15) is 0 Å². The van der Waals surface area contributed by atoms with Crippen molar-refractivity contribution < 1.29 is 9.59 Å². The minimum atomic E-state index is -0.245. The fourth-order valence-electron chi connectivity index (χ4n) is 1.99. The Labute approximate surface area is 130 Å². The van der Waals surface area contributed by atoms with E-state index in [9.17, 15) is 9.59 Å². The van der Waals surface area contributed by atoms with Crippen molar-refractivity contribution in [2.45, 2.75) is 4.90 Å². The van der Waals surface area contributed by atoms with Crippen LogP contribution >= 0.6 is 23.4 Å². The van der Waals surface area contributed by atoms with Gasteiger partial charge in [0.15, 0.2) is 0 Å². The molecule has 2 N–H and O–H groups in total. The molecule has 1 aliphatic heterocycles. The monoisotopic (exact) mass is 318 g/mol. The van der Waals surface area contributed by atoms with Crippen molar-refractivity contribution in [2.75, 3.05) is 16.4 Å². The summed E-state index contributed by atoms with van der Waals surface area (Å²) in [6, 6.07) is 12.2. The topological polar surface area (TPSA) is 58.2 Å². The minimum Gasteiger partial charge on any atom is -0.324 e. The van der Waals surface area contributed by atoms with Crippen LogP contribution in [0.1, 0.15) is 10.4 Å². The largest absolute Gasteiger partial charge is 0.324 e. The van der Waals surface area contributed by atoms with Crippen LogP contribution in [0.15, 0.2) is 47.4 Å². The van der Waals surface area contributed by atoms with E-state index in [1.54, 1.807) is 36.4 Å². The maximum atomic E-state index is 12.2. The smallest absolute Gasteiger partial charge is 0.255 e. The molecule has 21 heavy (non-hydrogen) atoms. The van der Waals surface area contributed by atoms with Crippen LogP contribution in [0.25, 0.3) is 0 Å². The van der Waals surface area contributed by atoms with Crippen LogP contribution in [0.2, 0.25) is 5.02 Å². The molecule has 3 rings (SSSR count). The number of benzene rings is 2. The van der Waals surface area contributed by atoms with E-state index in [-0.39, 0.29) is 11.8 Å². The Morgan fingerprint density at radius 3 is 2.90 bits per heavy atom. The van der Waals surface area contributed by atoms with E-state index in [2.05, 4.69) is 10.6 Å². The minimum absolute atomic E-state index is 0.0556. The number of hydrogen-bond acceptors (Lipinski definition) is 3. The van der Waals surface area contributed by atoms with Gasteiger partial charge in [-0.1, -0.05) is 17.7 Å². The highest BCUT2D eigenvalue weighted by molar-refractivity contribution is 8.00. The molecule has 2 amide bonds. The van der Waals surface area contributed by atoms with Gasteiger partial charge in [0.25, 0.3) is 5.91 Å². The van der Waals surface area contributed by atoms with Gasteiger partial charge in [0, 0.05) is 21.2 Å². The molecule has 4 nitrogen and oxygen atoms in total. The number of thioether (sulfide) groups is 1. The molecular weight excluding hydrogens is 308 g/mol. The lowest BCUT2D eigenvalue weighted by Gasteiger charge is -2.17. The van der Waals surface area contributed by atoms with E-state index in [0.717, 1.165) is 4.90 Å². The lowest BCUT2D eigenvalue weighted by Crippen LogP contribution is -2.19. The maximum absolute atomic E-state index is 12.2. The predicted molar refractivity (Wildman–Crippen MR) is 85.2 cm³/mol. The number of carbonyl (C=O) groups excluding carboxylic acids is 2. The third kappa shape index (κ3) is 3.20. The summed E-state index contributed by atoms with van der Waals surface area (Å²) in [5, 5.41) is 6.10. The first kappa shape index (κ1) is 14.0. The number of nitrogens with one attached hydrogen (secondary N) is 2. The molecule has 0 saturated carbocycles. The van der Waals surface area contributed by atoms with Gasteiger partial charge in [0.05, 0.1) is 11.4 Å². The average Bonchev–Trinajstić information content (AvgIpc) is 2.46.